The first-order valence-corrected chi connectivity index (χ1v) is 10.1. The van der Waals surface area contributed by atoms with E-state index in [0.29, 0.717) is 17.5 Å². The third-order valence-corrected chi connectivity index (χ3v) is 5.59. The molecule has 1 heterocycles. The molecule has 6 N–H and O–H groups in total. The molecule has 14 heteroatoms. The molecule has 0 bridgehead atoms. The van der Waals surface area contributed by atoms with Crippen molar-refractivity contribution in [2.75, 3.05) is 36.3 Å². The highest BCUT2D eigenvalue weighted by atomic mass is 32.2. The lowest BCUT2D eigenvalue weighted by atomic mass is 10.0. The standard InChI is InChI=1S/C11H23N8O4PS/c1-8(12)19(7-24(21,22)23)4-5-25-6-11(2,9(13)20)18(3)10-14-16-17-15-10/h12H,4-7H2,1-3H3,(H2,13,20)(H2,21,22,23)(H,14,15,16,17)/t11-/m0/s1. The van der Waals surface area contributed by atoms with Crippen LogP contribution in [0.1, 0.15) is 13.8 Å². The number of anilines is 1. The average molecular weight is 394 g/mol. The van der Waals surface area contributed by atoms with Crippen LogP contribution in [0.3, 0.4) is 0 Å². The van der Waals surface area contributed by atoms with Crippen LogP contribution in [0.15, 0.2) is 0 Å². The highest BCUT2D eigenvalue weighted by Gasteiger charge is 2.37. The van der Waals surface area contributed by atoms with Crippen molar-refractivity contribution in [3.63, 3.8) is 0 Å². The fourth-order valence-electron chi connectivity index (χ4n) is 1.88. The fourth-order valence-corrected chi connectivity index (χ4v) is 3.90. The van der Waals surface area contributed by atoms with E-state index in [2.05, 4.69) is 20.6 Å². The number of carbonyl (C=O) groups excluding carboxylic acids is 1. The maximum absolute atomic E-state index is 11.9. The van der Waals surface area contributed by atoms with E-state index in [9.17, 15) is 9.36 Å². The molecule has 0 spiro atoms. The predicted octanol–water partition coefficient (Wildman–Crippen LogP) is -0.953. The minimum Gasteiger partial charge on any atom is -0.368 e. The van der Waals surface area contributed by atoms with Crippen LogP contribution in [-0.4, -0.2) is 84.0 Å². The van der Waals surface area contributed by atoms with Gasteiger partial charge in [0.05, 0.1) is 5.84 Å². The van der Waals surface area contributed by atoms with E-state index < -0.39 is 25.3 Å². The number of tetrazole rings is 1. The first kappa shape index (κ1) is 21.4. The van der Waals surface area contributed by atoms with Gasteiger partial charge in [-0.3, -0.25) is 14.8 Å². The van der Waals surface area contributed by atoms with Gasteiger partial charge in [0.2, 0.25) is 11.9 Å². The van der Waals surface area contributed by atoms with Gasteiger partial charge in [-0.1, -0.05) is 5.10 Å². The van der Waals surface area contributed by atoms with Crippen molar-refractivity contribution in [1.82, 2.24) is 25.5 Å². The number of nitrogens with two attached hydrogens (primary N) is 1. The second-order valence-electron chi connectivity index (χ2n) is 5.63. The summed E-state index contributed by atoms with van der Waals surface area (Å²) in [5.41, 5.74) is 4.46. The summed E-state index contributed by atoms with van der Waals surface area (Å²) in [5, 5.41) is 20.8. The Morgan fingerprint density at radius 1 is 1.52 bits per heavy atom. The Kier molecular flexibility index (Phi) is 7.35. The predicted molar refractivity (Wildman–Crippen MR) is 94.5 cm³/mol. The first-order chi connectivity index (χ1) is 11.5. The second-order valence-corrected chi connectivity index (χ2v) is 8.35. The van der Waals surface area contributed by atoms with Gasteiger partial charge in [0.25, 0.3) is 0 Å². The van der Waals surface area contributed by atoms with Gasteiger partial charge < -0.3 is 25.3 Å². The monoisotopic (exact) mass is 394 g/mol. The summed E-state index contributed by atoms with van der Waals surface area (Å²) < 4.78 is 11.1. The largest absolute Gasteiger partial charge is 0.368 e. The second kappa shape index (κ2) is 8.61. The number of aromatic nitrogens is 4. The Morgan fingerprint density at radius 3 is 2.60 bits per heavy atom. The molecule has 0 unspecified atom stereocenters. The van der Waals surface area contributed by atoms with Gasteiger partial charge in [0, 0.05) is 25.1 Å². The van der Waals surface area contributed by atoms with E-state index in [1.54, 1.807) is 14.0 Å². The zero-order valence-electron chi connectivity index (χ0n) is 14.2. The quantitative estimate of drug-likeness (QED) is 0.143. The van der Waals surface area contributed by atoms with Crippen molar-refractivity contribution in [1.29, 1.82) is 5.41 Å². The number of H-pyrrole nitrogens is 1. The van der Waals surface area contributed by atoms with Crippen molar-refractivity contribution in [2.45, 2.75) is 19.4 Å². The highest BCUT2D eigenvalue weighted by Crippen LogP contribution is 2.35. The van der Waals surface area contributed by atoms with Gasteiger partial charge in [-0.2, -0.15) is 11.8 Å². The molecule has 12 nitrogen and oxygen atoms in total. The number of rotatable bonds is 10. The van der Waals surface area contributed by atoms with Crippen molar-refractivity contribution < 1.29 is 19.1 Å². The molecule has 1 atom stereocenters. The van der Waals surface area contributed by atoms with Crippen LogP contribution in [0.25, 0.3) is 0 Å². The smallest absolute Gasteiger partial charge is 0.344 e. The summed E-state index contributed by atoms with van der Waals surface area (Å²) in [7, 11) is -2.62. The Labute approximate surface area is 149 Å². The fraction of sp³-hybridized carbons (Fsp3) is 0.727. The molecule has 0 fully saturated rings. The first-order valence-electron chi connectivity index (χ1n) is 7.17. The van der Waals surface area contributed by atoms with Crippen LogP contribution in [0.5, 0.6) is 0 Å². The Balaban J connectivity index is 2.65. The van der Waals surface area contributed by atoms with E-state index in [1.165, 1.54) is 28.5 Å². The Hall–Kier alpha value is -1.69. The number of carbonyl (C=O) groups is 1. The zero-order valence-corrected chi connectivity index (χ0v) is 15.9. The maximum atomic E-state index is 11.9. The molecule has 0 saturated heterocycles. The molecule has 0 radical (unpaired) electrons. The molecule has 1 rings (SSSR count). The Bertz CT molecular complexity index is 638. The number of amidine groups is 1. The summed E-state index contributed by atoms with van der Waals surface area (Å²) in [6, 6.07) is 0. The topological polar surface area (TPSA) is 185 Å². The van der Waals surface area contributed by atoms with Crippen LogP contribution in [-0.2, 0) is 9.36 Å². The number of amides is 1. The van der Waals surface area contributed by atoms with Gasteiger partial charge in [-0.25, -0.2) is 5.10 Å². The summed E-state index contributed by atoms with van der Waals surface area (Å²) in [4.78, 5) is 32.8. The summed E-state index contributed by atoms with van der Waals surface area (Å²) in [6.45, 7) is 3.37. The molecule has 25 heavy (non-hydrogen) atoms. The molecule has 1 aromatic heterocycles. The van der Waals surface area contributed by atoms with Crippen LogP contribution in [0.4, 0.5) is 5.95 Å². The van der Waals surface area contributed by atoms with Crippen LogP contribution in [0, 0.1) is 5.41 Å². The van der Waals surface area contributed by atoms with E-state index in [0.717, 1.165) is 0 Å². The van der Waals surface area contributed by atoms with Crippen LogP contribution >= 0.6 is 19.4 Å². The van der Waals surface area contributed by atoms with Gasteiger partial charge in [0.15, 0.2) is 0 Å². The Morgan fingerprint density at radius 2 is 2.16 bits per heavy atom. The number of hydrogen-bond donors (Lipinski definition) is 5. The lowest BCUT2D eigenvalue weighted by molar-refractivity contribution is -0.121. The number of thioether (sulfide) groups is 1. The maximum Gasteiger partial charge on any atom is 0.344 e. The number of aromatic amines is 1. The molecule has 1 amide bonds. The summed E-state index contributed by atoms with van der Waals surface area (Å²) >= 11 is 1.37. The molecule has 0 aliphatic rings. The minimum atomic E-state index is -4.25. The van der Waals surface area contributed by atoms with Crippen molar-refractivity contribution >= 4 is 37.0 Å². The molecule has 0 aliphatic carbocycles. The SMILES string of the molecule is CC(=N)N(CCSC[C@@](C)(C(N)=O)N(C)c1nnn[nH]1)CP(=O)(O)O. The van der Waals surface area contributed by atoms with E-state index in [4.69, 9.17) is 20.9 Å². The van der Waals surface area contributed by atoms with E-state index in [1.807, 2.05) is 0 Å². The molecule has 1 aromatic rings. The van der Waals surface area contributed by atoms with Crippen LogP contribution < -0.4 is 10.6 Å². The number of nitrogens with one attached hydrogen (secondary N) is 2. The number of likely N-dealkylation sites (N-methyl/N-ethyl adjacent to an activating group) is 1. The third-order valence-electron chi connectivity index (χ3n) is 3.64. The lowest BCUT2D eigenvalue weighted by Crippen LogP contribution is -2.56. The van der Waals surface area contributed by atoms with Crippen LogP contribution in [0.2, 0.25) is 0 Å². The third kappa shape index (κ3) is 6.27. The molecule has 0 aliphatic heterocycles. The number of primary amides is 1. The van der Waals surface area contributed by atoms with Gasteiger partial charge in [-0.05, 0) is 24.3 Å². The van der Waals surface area contributed by atoms with Crippen molar-refractivity contribution in [2.24, 2.45) is 5.73 Å². The summed E-state index contributed by atoms with van der Waals surface area (Å²) in [6.07, 6.45) is -0.514. The molecular formula is C11H23N8O4PS. The van der Waals surface area contributed by atoms with Crippen molar-refractivity contribution in [3.8, 4) is 0 Å². The normalized spacial score (nSPS) is 14.0. The molecule has 142 valence electrons. The molecule has 0 aromatic carbocycles. The lowest BCUT2D eigenvalue weighted by Gasteiger charge is -2.35. The molecular weight excluding hydrogens is 371 g/mol. The van der Waals surface area contributed by atoms with Gasteiger partial charge in [-0.15, -0.1) is 0 Å². The average Bonchev–Trinajstić information content (AvgIpc) is 3.01. The number of hydrogen-bond acceptors (Lipinski definition) is 8. The van der Waals surface area contributed by atoms with E-state index >= 15 is 0 Å². The van der Waals surface area contributed by atoms with E-state index in [-0.39, 0.29) is 12.4 Å². The minimum absolute atomic E-state index is 0.0615. The number of nitrogens with zero attached hydrogens (tertiary/aromatic N) is 5. The summed E-state index contributed by atoms with van der Waals surface area (Å²) in [5.74, 6) is 0.545. The van der Waals surface area contributed by atoms with Crippen molar-refractivity contribution in [3.05, 3.63) is 0 Å². The van der Waals surface area contributed by atoms with Gasteiger partial charge >= 0.3 is 7.60 Å². The molecule has 0 saturated carbocycles. The zero-order chi connectivity index (χ0) is 19.3. The van der Waals surface area contributed by atoms with Gasteiger partial charge in [0.1, 0.15) is 11.8 Å². The highest BCUT2D eigenvalue weighted by molar-refractivity contribution is 7.99.